The number of amides is 2. The molecule has 1 saturated heterocycles. The molecular formula is C22H34N2O3. The number of rotatable bonds is 7. The highest BCUT2D eigenvalue weighted by atomic mass is 16.5. The topological polar surface area (TPSA) is 58.6 Å². The standard InChI is InChI=1S/C22H34N2O3/c1-17-8-5-6-9-19(17)27-15-7-10-21(26)24-13-11-18(12-14-24)23-20(25)16-22(2,3)4/h5-6,8-9,18H,7,10-16H2,1-4H3,(H,23,25). The fraction of sp³-hybridized carbons (Fsp3) is 0.636. The zero-order valence-corrected chi connectivity index (χ0v) is 17.2. The van der Waals surface area contributed by atoms with Crippen LogP contribution in [0.3, 0.4) is 0 Å². The summed E-state index contributed by atoms with van der Waals surface area (Å²) in [6, 6.07) is 8.10. The Morgan fingerprint density at radius 3 is 2.48 bits per heavy atom. The average molecular weight is 375 g/mol. The minimum absolute atomic E-state index is 0.00110. The first kappa shape index (κ1) is 21.3. The maximum absolute atomic E-state index is 12.4. The Kier molecular flexibility index (Phi) is 7.69. The zero-order valence-electron chi connectivity index (χ0n) is 17.2. The summed E-state index contributed by atoms with van der Waals surface area (Å²) in [6.45, 7) is 10.2. The van der Waals surface area contributed by atoms with Gasteiger partial charge < -0.3 is 15.0 Å². The maximum Gasteiger partial charge on any atom is 0.222 e. The highest BCUT2D eigenvalue weighted by Crippen LogP contribution is 2.19. The molecule has 0 radical (unpaired) electrons. The van der Waals surface area contributed by atoms with Gasteiger partial charge in [0.2, 0.25) is 11.8 Å². The van der Waals surface area contributed by atoms with Crippen molar-refractivity contribution in [3.05, 3.63) is 29.8 Å². The van der Waals surface area contributed by atoms with Crippen molar-refractivity contribution in [1.82, 2.24) is 10.2 Å². The van der Waals surface area contributed by atoms with Crippen LogP contribution in [-0.4, -0.2) is 42.5 Å². The van der Waals surface area contributed by atoms with E-state index >= 15 is 0 Å². The summed E-state index contributed by atoms with van der Waals surface area (Å²) < 4.78 is 5.76. The number of likely N-dealkylation sites (tertiary alicyclic amines) is 1. The van der Waals surface area contributed by atoms with Crippen molar-refractivity contribution in [3.63, 3.8) is 0 Å². The first-order valence-corrected chi connectivity index (χ1v) is 10.0. The quantitative estimate of drug-likeness (QED) is 0.741. The van der Waals surface area contributed by atoms with Gasteiger partial charge in [0.15, 0.2) is 0 Å². The molecule has 1 N–H and O–H groups in total. The van der Waals surface area contributed by atoms with Crippen molar-refractivity contribution >= 4 is 11.8 Å². The SMILES string of the molecule is Cc1ccccc1OCCCC(=O)N1CCC(NC(=O)CC(C)(C)C)CC1. The second-order valence-electron chi connectivity index (χ2n) is 8.68. The first-order valence-electron chi connectivity index (χ1n) is 10.0. The fourth-order valence-electron chi connectivity index (χ4n) is 3.32. The zero-order chi connectivity index (χ0) is 19.9. The summed E-state index contributed by atoms with van der Waals surface area (Å²) in [6.07, 6.45) is 3.43. The lowest BCUT2D eigenvalue weighted by Gasteiger charge is -2.33. The molecule has 1 aromatic rings. The molecule has 0 atom stereocenters. The van der Waals surface area contributed by atoms with Crippen LogP contribution in [-0.2, 0) is 9.59 Å². The van der Waals surface area contributed by atoms with Crippen molar-refractivity contribution in [1.29, 1.82) is 0 Å². The van der Waals surface area contributed by atoms with E-state index in [0.29, 0.717) is 19.4 Å². The summed E-state index contributed by atoms with van der Waals surface area (Å²) in [5, 5.41) is 3.11. The van der Waals surface area contributed by atoms with Gasteiger partial charge in [0.05, 0.1) is 6.61 Å². The van der Waals surface area contributed by atoms with E-state index in [1.54, 1.807) is 0 Å². The van der Waals surface area contributed by atoms with Crippen LogP contribution in [0.2, 0.25) is 0 Å². The van der Waals surface area contributed by atoms with Gasteiger partial charge in [0.25, 0.3) is 0 Å². The third-order valence-corrected chi connectivity index (χ3v) is 4.79. The van der Waals surface area contributed by atoms with Gasteiger partial charge >= 0.3 is 0 Å². The number of aryl methyl sites for hydroxylation is 1. The monoisotopic (exact) mass is 374 g/mol. The van der Waals surface area contributed by atoms with Crippen LogP contribution in [0.15, 0.2) is 24.3 Å². The third-order valence-electron chi connectivity index (χ3n) is 4.79. The Morgan fingerprint density at radius 2 is 1.85 bits per heavy atom. The molecule has 0 bridgehead atoms. The van der Waals surface area contributed by atoms with Crippen LogP contribution in [0.4, 0.5) is 0 Å². The summed E-state index contributed by atoms with van der Waals surface area (Å²) in [4.78, 5) is 26.3. The highest BCUT2D eigenvalue weighted by Gasteiger charge is 2.25. The molecule has 1 fully saturated rings. The Labute approximate surface area is 163 Å². The molecule has 2 amide bonds. The molecule has 2 rings (SSSR count). The molecule has 0 unspecified atom stereocenters. The van der Waals surface area contributed by atoms with Crippen LogP contribution in [0.1, 0.15) is 58.4 Å². The number of piperidine rings is 1. The number of nitrogens with zero attached hydrogens (tertiary/aromatic N) is 1. The molecule has 1 aromatic carbocycles. The van der Waals surface area contributed by atoms with Gasteiger partial charge in [-0.3, -0.25) is 9.59 Å². The molecule has 0 aliphatic carbocycles. The number of hydrogen-bond acceptors (Lipinski definition) is 3. The van der Waals surface area contributed by atoms with Crippen molar-refractivity contribution in [2.24, 2.45) is 5.41 Å². The molecule has 0 aromatic heterocycles. The van der Waals surface area contributed by atoms with E-state index in [4.69, 9.17) is 4.74 Å². The molecule has 150 valence electrons. The van der Waals surface area contributed by atoms with E-state index in [-0.39, 0.29) is 23.3 Å². The highest BCUT2D eigenvalue weighted by molar-refractivity contribution is 5.77. The number of nitrogens with one attached hydrogen (secondary N) is 1. The number of hydrogen-bond donors (Lipinski definition) is 1. The Morgan fingerprint density at radius 1 is 1.19 bits per heavy atom. The van der Waals surface area contributed by atoms with Gasteiger partial charge in [-0.25, -0.2) is 0 Å². The first-order chi connectivity index (χ1) is 12.7. The van der Waals surface area contributed by atoms with Crippen molar-refractivity contribution in [3.8, 4) is 5.75 Å². The fourth-order valence-corrected chi connectivity index (χ4v) is 3.32. The second-order valence-corrected chi connectivity index (χ2v) is 8.68. The summed E-state index contributed by atoms with van der Waals surface area (Å²) in [5.41, 5.74) is 1.11. The molecule has 5 nitrogen and oxygen atoms in total. The van der Waals surface area contributed by atoms with Crippen LogP contribution in [0.5, 0.6) is 5.75 Å². The van der Waals surface area contributed by atoms with Gasteiger partial charge in [0.1, 0.15) is 5.75 Å². The van der Waals surface area contributed by atoms with Gasteiger partial charge in [-0.15, -0.1) is 0 Å². The Hall–Kier alpha value is -2.04. The summed E-state index contributed by atoms with van der Waals surface area (Å²) in [7, 11) is 0. The smallest absolute Gasteiger partial charge is 0.222 e. The van der Waals surface area contributed by atoms with Crippen LogP contribution < -0.4 is 10.1 Å². The normalized spacial score (nSPS) is 15.5. The Bertz CT molecular complexity index is 629. The minimum atomic E-state index is 0.00110. The van der Waals surface area contributed by atoms with Crippen molar-refractivity contribution in [2.45, 2.75) is 65.8 Å². The van der Waals surface area contributed by atoms with Gasteiger partial charge in [-0.05, 0) is 43.2 Å². The van der Waals surface area contributed by atoms with E-state index in [1.165, 1.54) is 0 Å². The lowest BCUT2D eigenvalue weighted by molar-refractivity contribution is -0.132. The average Bonchev–Trinajstić information content (AvgIpc) is 2.59. The van der Waals surface area contributed by atoms with Gasteiger partial charge in [-0.1, -0.05) is 39.0 Å². The molecule has 1 heterocycles. The van der Waals surface area contributed by atoms with E-state index < -0.39 is 0 Å². The third kappa shape index (κ3) is 7.61. The van der Waals surface area contributed by atoms with Crippen molar-refractivity contribution < 1.29 is 14.3 Å². The number of benzene rings is 1. The minimum Gasteiger partial charge on any atom is -0.493 e. The van der Waals surface area contributed by atoms with E-state index in [0.717, 1.165) is 43.7 Å². The number of ether oxygens (including phenoxy) is 1. The summed E-state index contributed by atoms with van der Waals surface area (Å²) in [5.74, 6) is 1.18. The Balaban J connectivity index is 1.63. The molecule has 5 heteroatoms. The lowest BCUT2D eigenvalue weighted by atomic mass is 9.91. The number of carbonyl (C=O) groups is 2. The summed E-state index contributed by atoms with van der Waals surface area (Å²) >= 11 is 0. The predicted molar refractivity (Wildman–Crippen MR) is 108 cm³/mol. The largest absolute Gasteiger partial charge is 0.493 e. The van der Waals surface area contributed by atoms with Gasteiger partial charge in [-0.2, -0.15) is 0 Å². The molecule has 1 aliphatic heterocycles. The van der Waals surface area contributed by atoms with Crippen LogP contribution in [0.25, 0.3) is 0 Å². The maximum atomic E-state index is 12.4. The molecular weight excluding hydrogens is 340 g/mol. The van der Waals surface area contributed by atoms with E-state index in [2.05, 4.69) is 26.1 Å². The lowest BCUT2D eigenvalue weighted by Crippen LogP contribution is -2.47. The molecule has 27 heavy (non-hydrogen) atoms. The van der Waals surface area contributed by atoms with Crippen LogP contribution in [0, 0.1) is 12.3 Å². The van der Waals surface area contributed by atoms with E-state index in [9.17, 15) is 9.59 Å². The van der Waals surface area contributed by atoms with E-state index in [1.807, 2.05) is 36.1 Å². The predicted octanol–water partition coefficient (Wildman–Crippen LogP) is 3.70. The second kappa shape index (κ2) is 9.77. The van der Waals surface area contributed by atoms with Crippen LogP contribution >= 0.6 is 0 Å². The van der Waals surface area contributed by atoms with Gasteiger partial charge in [0, 0.05) is 32.0 Å². The molecule has 0 spiro atoms. The van der Waals surface area contributed by atoms with Crippen molar-refractivity contribution in [2.75, 3.05) is 19.7 Å². The molecule has 0 saturated carbocycles. The molecule has 1 aliphatic rings. The number of para-hydroxylation sites is 1. The number of carbonyl (C=O) groups excluding carboxylic acids is 2.